The molecule has 8 nitrogen and oxygen atoms in total. The molecule has 0 amide bonds. The van der Waals surface area contributed by atoms with Crippen LogP contribution in [0.2, 0.25) is 0 Å². The number of hydrogen-bond acceptors (Lipinski definition) is 7. The van der Waals surface area contributed by atoms with Gasteiger partial charge in [-0.1, -0.05) is 30.3 Å². The molecule has 2 aromatic rings. The maximum atomic E-state index is 12.5. The lowest BCUT2D eigenvalue weighted by Crippen LogP contribution is -2.16. The Morgan fingerprint density at radius 3 is 2.49 bits per heavy atom. The number of nitrogens with zero attached hydrogens (tertiary/aromatic N) is 2. The number of aromatic hydroxyl groups is 1. The zero-order valence-corrected chi connectivity index (χ0v) is 19.1. The fourth-order valence-corrected chi connectivity index (χ4v) is 3.65. The van der Waals surface area contributed by atoms with E-state index < -0.39 is 11.3 Å². The van der Waals surface area contributed by atoms with Gasteiger partial charge in [0.15, 0.2) is 11.5 Å². The van der Waals surface area contributed by atoms with Crippen molar-refractivity contribution in [3.8, 4) is 28.4 Å². The van der Waals surface area contributed by atoms with Gasteiger partial charge in [-0.15, -0.1) is 13.2 Å². The fraction of sp³-hybridized carbons (Fsp3) is 0.292. The molecule has 0 saturated heterocycles. The average Bonchev–Trinajstić information content (AvgIpc) is 2.78. The van der Waals surface area contributed by atoms with Crippen molar-refractivity contribution in [2.24, 2.45) is 11.1 Å². The largest absolute Gasteiger partial charge is 0.573 e. The van der Waals surface area contributed by atoms with Gasteiger partial charge in [0, 0.05) is 11.6 Å². The molecule has 3 rings (SSSR count). The predicted molar refractivity (Wildman–Crippen MR) is 122 cm³/mol. The van der Waals surface area contributed by atoms with E-state index >= 15 is 0 Å². The number of nitro groups is 1. The van der Waals surface area contributed by atoms with Crippen LogP contribution in [0.5, 0.6) is 17.2 Å². The Bertz CT molecular complexity index is 1190. The van der Waals surface area contributed by atoms with Gasteiger partial charge in [-0.2, -0.15) is 0 Å². The molecular weight excluding hydrogens is 469 g/mol. The minimum absolute atomic E-state index is 0.115. The first-order valence-corrected chi connectivity index (χ1v) is 10.5. The molecule has 1 atom stereocenters. The second kappa shape index (κ2) is 10.5. The summed E-state index contributed by atoms with van der Waals surface area (Å²) in [5, 5.41) is 25.4. The van der Waals surface area contributed by atoms with Gasteiger partial charge in [-0.3, -0.25) is 10.1 Å². The van der Waals surface area contributed by atoms with E-state index in [1.807, 2.05) is 0 Å². The van der Waals surface area contributed by atoms with Crippen LogP contribution in [0.3, 0.4) is 0 Å². The van der Waals surface area contributed by atoms with E-state index in [9.17, 15) is 28.4 Å². The van der Waals surface area contributed by atoms with E-state index in [2.05, 4.69) is 9.89 Å². The molecule has 1 aliphatic carbocycles. The summed E-state index contributed by atoms with van der Waals surface area (Å²) >= 11 is 0. The first kappa shape index (κ1) is 25.6. The monoisotopic (exact) mass is 492 g/mol. The molecule has 0 spiro atoms. The molecule has 35 heavy (non-hydrogen) atoms. The van der Waals surface area contributed by atoms with Crippen LogP contribution in [0.15, 0.2) is 65.0 Å². The smallest absolute Gasteiger partial charge is 0.504 e. The van der Waals surface area contributed by atoms with Gasteiger partial charge < -0.3 is 19.4 Å². The second-order valence-corrected chi connectivity index (χ2v) is 7.87. The number of phenols is 1. The lowest BCUT2D eigenvalue weighted by atomic mass is 9.93. The van der Waals surface area contributed by atoms with Crippen LogP contribution in [-0.4, -0.2) is 35.8 Å². The third-order valence-electron chi connectivity index (χ3n) is 5.33. The highest BCUT2D eigenvalue weighted by Crippen LogP contribution is 2.36. The minimum atomic E-state index is -4.80. The Balaban J connectivity index is 1.85. The summed E-state index contributed by atoms with van der Waals surface area (Å²) < 4.78 is 46.5. The van der Waals surface area contributed by atoms with Crippen LogP contribution in [0.4, 0.5) is 13.2 Å². The summed E-state index contributed by atoms with van der Waals surface area (Å²) in [6.07, 6.45) is -1.25. The van der Waals surface area contributed by atoms with E-state index in [-0.39, 0.29) is 35.5 Å². The summed E-state index contributed by atoms with van der Waals surface area (Å²) in [6, 6.07) is 8.20. The van der Waals surface area contributed by atoms with Crippen molar-refractivity contribution in [1.82, 2.24) is 0 Å². The van der Waals surface area contributed by atoms with E-state index in [4.69, 9.17) is 9.57 Å². The first-order chi connectivity index (χ1) is 16.5. The van der Waals surface area contributed by atoms with Gasteiger partial charge in [0.25, 0.3) is 0 Å². The number of rotatable bonds is 8. The Kier molecular flexibility index (Phi) is 7.68. The molecule has 11 heteroatoms. The molecule has 1 N–H and O–H groups in total. The fourth-order valence-electron chi connectivity index (χ4n) is 3.65. The van der Waals surface area contributed by atoms with Gasteiger partial charge >= 0.3 is 6.36 Å². The van der Waals surface area contributed by atoms with Gasteiger partial charge in [0.05, 0.1) is 23.7 Å². The molecule has 1 unspecified atom stereocenters. The number of allylic oxidation sites excluding steroid dienone is 3. The molecule has 0 bridgehead atoms. The zero-order chi connectivity index (χ0) is 25.8. The topological polar surface area (TPSA) is 103 Å². The Morgan fingerprint density at radius 1 is 1.23 bits per heavy atom. The van der Waals surface area contributed by atoms with Crippen molar-refractivity contribution >= 4 is 5.71 Å². The molecule has 0 aliphatic heterocycles. The summed E-state index contributed by atoms with van der Waals surface area (Å²) in [7, 11) is 1.38. The molecule has 1 aliphatic rings. The first-order valence-electron chi connectivity index (χ1n) is 10.5. The maximum Gasteiger partial charge on any atom is 0.573 e. The molecule has 0 fully saturated rings. The second-order valence-electron chi connectivity index (χ2n) is 7.87. The van der Waals surface area contributed by atoms with Crippen molar-refractivity contribution < 1.29 is 37.5 Å². The highest BCUT2D eigenvalue weighted by atomic mass is 19.4. The lowest BCUT2D eigenvalue weighted by molar-refractivity contribution is -0.433. The molecule has 186 valence electrons. The lowest BCUT2D eigenvalue weighted by Gasteiger charge is -2.16. The Labute approximate surface area is 199 Å². The number of phenolic OH excluding ortho intramolecular Hbond substituents is 1. The third-order valence-corrected chi connectivity index (χ3v) is 5.33. The van der Waals surface area contributed by atoms with Crippen LogP contribution in [0.1, 0.15) is 25.8 Å². The zero-order valence-electron chi connectivity index (χ0n) is 19.1. The third kappa shape index (κ3) is 6.52. The number of benzene rings is 2. The van der Waals surface area contributed by atoms with E-state index in [0.29, 0.717) is 28.8 Å². The van der Waals surface area contributed by atoms with Crippen molar-refractivity contribution in [3.05, 3.63) is 75.5 Å². The molecule has 2 aromatic carbocycles. The summed E-state index contributed by atoms with van der Waals surface area (Å²) in [4.78, 5) is 16.1. The van der Waals surface area contributed by atoms with E-state index in [0.717, 1.165) is 5.57 Å². The van der Waals surface area contributed by atoms with Crippen LogP contribution in [0.25, 0.3) is 11.1 Å². The molecule has 0 heterocycles. The van der Waals surface area contributed by atoms with Crippen LogP contribution >= 0.6 is 0 Å². The Morgan fingerprint density at radius 2 is 1.91 bits per heavy atom. The summed E-state index contributed by atoms with van der Waals surface area (Å²) in [5.74, 6) is -0.610. The summed E-state index contributed by atoms with van der Waals surface area (Å²) in [5.41, 5.74) is 2.89. The van der Waals surface area contributed by atoms with Crippen LogP contribution < -0.4 is 9.47 Å². The molecule has 0 aromatic heterocycles. The highest BCUT2D eigenvalue weighted by Gasteiger charge is 2.31. The SMILES string of the molecule is COc1cc(-c2ccc(OC(F)(F)F)cc2)c(/C(C)=N/OCC2=CC=C([N+](=O)[O-])C(C)C2)cc1O. The number of hydrogen-bond donors (Lipinski definition) is 1. The normalized spacial score (nSPS) is 16.3. The van der Waals surface area contributed by atoms with Crippen LogP contribution in [0, 0.1) is 16.0 Å². The van der Waals surface area contributed by atoms with Gasteiger partial charge in [-0.25, -0.2) is 0 Å². The standard InChI is InChI=1S/C24H23F3N2O6/c1-14-10-16(4-9-21(14)29(31)32)13-34-28-15(2)19-11-22(30)23(33-3)12-20(19)17-5-7-18(8-6-17)35-24(25,26)27/h4-9,11-12,14,30H,10,13H2,1-3H3/b28-15+. The van der Waals surface area contributed by atoms with Gasteiger partial charge in [0.1, 0.15) is 12.4 Å². The van der Waals surface area contributed by atoms with Crippen molar-refractivity contribution in [3.63, 3.8) is 0 Å². The quantitative estimate of drug-likeness (QED) is 0.282. The molecule has 0 saturated carbocycles. The van der Waals surface area contributed by atoms with Crippen molar-refractivity contribution in [2.75, 3.05) is 13.7 Å². The van der Waals surface area contributed by atoms with E-state index in [1.165, 1.54) is 43.5 Å². The Hall–Kier alpha value is -4.02. The number of methoxy groups -OCH3 is 1. The summed E-state index contributed by atoms with van der Waals surface area (Å²) in [6.45, 7) is 3.52. The maximum absolute atomic E-state index is 12.5. The average molecular weight is 492 g/mol. The number of alkyl halides is 3. The van der Waals surface area contributed by atoms with Gasteiger partial charge in [0.2, 0.25) is 5.70 Å². The van der Waals surface area contributed by atoms with Crippen LogP contribution in [-0.2, 0) is 4.84 Å². The molecular formula is C24H23F3N2O6. The van der Waals surface area contributed by atoms with Gasteiger partial charge in [-0.05, 0) is 54.3 Å². The van der Waals surface area contributed by atoms with Crippen molar-refractivity contribution in [1.29, 1.82) is 0 Å². The number of ether oxygens (including phenoxy) is 2. The van der Waals surface area contributed by atoms with Crippen molar-refractivity contribution in [2.45, 2.75) is 26.6 Å². The minimum Gasteiger partial charge on any atom is -0.504 e. The number of oxime groups is 1. The predicted octanol–water partition coefficient (Wildman–Crippen LogP) is 5.83. The molecule has 0 radical (unpaired) electrons. The van der Waals surface area contributed by atoms with E-state index in [1.54, 1.807) is 26.0 Å². The highest BCUT2D eigenvalue weighted by molar-refractivity contribution is 6.05. The number of halogens is 3.